The summed E-state index contributed by atoms with van der Waals surface area (Å²) in [7, 11) is -3.51. The second kappa shape index (κ2) is 7.86. The summed E-state index contributed by atoms with van der Waals surface area (Å²) in [6, 6.07) is 19.3. The molecule has 0 aliphatic carbocycles. The van der Waals surface area contributed by atoms with Gasteiger partial charge in [0.05, 0.1) is 6.16 Å². The van der Waals surface area contributed by atoms with Crippen LogP contribution in [0.3, 0.4) is 0 Å². The van der Waals surface area contributed by atoms with Crippen LogP contribution < -0.4 is 5.32 Å². The molecule has 4 nitrogen and oxygen atoms in total. The smallest absolute Gasteiger partial charge is 0.228 e. The quantitative estimate of drug-likeness (QED) is 0.615. The number of rotatable bonds is 7. The standard InChI is InChI=1S/C18H19N2O2PS/c21-23(22,14-16-9-5-2-6-10-16)17(18-19-11-12-24-18)20-13-15-7-3-1-4-8-15/h1-12,17,20H,13-14H2,(H,21,22). The van der Waals surface area contributed by atoms with Crippen molar-refractivity contribution in [3.05, 3.63) is 88.4 Å². The van der Waals surface area contributed by atoms with E-state index in [1.807, 2.05) is 66.0 Å². The first kappa shape index (κ1) is 17.1. The van der Waals surface area contributed by atoms with Gasteiger partial charge in [-0.05, 0) is 11.1 Å². The van der Waals surface area contributed by atoms with Crippen molar-refractivity contribution < 1.29 is 9.46 Å². The lowest BCUT2D eigenvalue weighted by molar-refractivity contribution is 0.446. The first-order valence-electron chi connectivity index (χ1n) is 7.67. The van der Waals surface area contributed by atoms with E-state index in [-0.39, 0.29) is 6.16 Å². The molecule has 124 valence electrons. The van der Waals surface area contributed by atoms with Crippen molar-refractivity contribution in [3.63, 3.8) is 0 Å². The molecule has 0 aliphatic rings. The summed E-state index contributed by atoms with van der Waals surface area (Å²) in [5, 5.41) is 5.71. The fourth-order valence-corrected chi connectivity index (χ4v) is 5.50. The van der Waals surface area contributed by atoms with Crippen LogP contribution in [0.4, 0.5) is 0 Å². The zero-order valence-corrected chi connectivity index (χ0v) is 14.8. The Bertz CT molecular complexity index is 794. The van der Waals surface area contributed by atoms with Gasteiger partial charge in [0.25, 0.3) is 0 Å². The van der Waals surface area contributed by atoms with Gasteiger partial charge < -0.3 is 4.89 Å². The van der Waals surface area contributed by atoms with Crippen LogP contribution in [0, 0.1) is 0 Å². The molecule has 0 saturated carbocycles. The molecular weight excluding hydrogens is 339 g/mol. The van der Waals surface area contributed by atoms with Crippen LogP contribution in [0.15, 0.2) is 72.2 Å². The molecule has 1 heterocycles. The predicted molar refractivity (Wildman–Crippen MR) is 98.1 cm³/mol. The summed E-state index contributed by atoms with van der Waals surface area (Å²) < 4.78 is 13.1. The van der Waals surface area contributed by atoms with Gasteiger partial charge in [0.1, 0.15) is 10.8 Å². The maximum Gasteiger partial charge on any atom is 0.228 e. The highest BCUT2D eigenvalue weighted by Crippen LogP contribution is 2.56. The molecule has 2 atom stereocenters. The molecule has 24 heavy (non-hydrogen) atoms. The van der Waals surface area contributed by atoms with Gasteiger partial charge in [0.2, 0.25) is 7.37 Å². The molecule has 0 radical (unpaired) electrons. The molecule has 0 amide bonds. The van der Waals surface area contributed by atoms with E-state index in [4.69, 9.17) is 0 Å². The Kier molecular flexibility index (Phi) is 5.59. The molecule has 0 saturated heterocycles. The van der Waals surface area contributed by atoms with Crippen molar-refractivity contribution in [2.75, 3.05) is 0 Å². The molecule has 0 aliphatic heterocycles. The molecule has 0 fully saturated rings. The molecule has 3 aromatic rings. The van der Waals surface area contributed by atoms with Gasteiger partial charge in [-0.3, -0.25) is 9.88 Å². The third-order valence-corrected chi connectivity index (χ3v) is 6.75. The third kappa shape index (κ3) is 4.40. The van der Waals surface area contributed by atoms with Gasteiger partial charge in [0, 0.05) is 18.1 Å². The number of thiazole rings is 1. The monoisotopic (exact) mass is 358 g/mol. The minimum atomic E-state index is -3.51. The van der Waals surface area contributed by atoms with E-state index >= 15 is 0 Å². The molecular formula is C18H19N2O2PS. The fraction of sp³-hybridized carbons (Fsp3) is 0.167. The van der Waals surface area contributed by atoms with Crippen molar-refractivity contribution in [2.24, 2.45) is 0 Å². The van der Waals surface area contributed by atoms with E-state index in [1.54, 1.807) is 6.20 Å². The summed E-state index contributed by atoms with van der Waals surface area (Å²) in [6.45, 7) is 0.518. The number of aromatic nitrogens is 1. The molecule has 0 bridgehead atoms. The van der Waals surface area contributed by atoms with Crippen molar-refractivity contribution in [1.29, 1.82) is 0 Å². The van der Waals surface area contributed by atoms with Gasteiger partial charge in [-0.2, -0.15) is 0 Å². The zero-order valence-electron chi connectivity index (χ0n) is 13.1. The van der Waals surface area contributed by atoms with Crippen molar-refractivity contribution in [3.8, 4) is 0 Å². The number of nitrogens with one attached hydrogen (secondary N) is 1. The van der Waals surface area contributed by atoms with Crippen LogP contribution in [0.5, 0.6) is 0 Å². The Morgan fingerprint density at radius 2 is 1.67 bits per heavy atom. The van der Waals surface area contributed by atoms with E-state index in [0.717, 1.165) is 11.1 Å². The number of benzene rings is 2. The molecule has 1 aromatic heterocycles. The van der Waals surface area contributed by atoms with Gasteiger partial charge in [-0.15, -0.1) is 11.3 Å². The summed E-state index contributed by atoms with van der Waals surface area (Å²) in [4.78, 5) is 15.0. The van der Waals surface area contributed by atoms with E-state index < -0.39 is 13.2 Å². The fourth-order valence-electron chi connectivity index (χ4n) is 2.52. The average Bonchev–Trinajstić information content (AvgIpc) is 3.10. The Morgan fingerprint density at radius 3 is 2.25 bits per heavy atom. The van der Waals surface area contributed by atoms with Gasteiger partial charge in [-0.25, -0.2) is 4.98 Å². The van der Waals surface area contributed by atoms with Crippen LogP contribution >= 0.6 is 18.7 Å². The van der Waals surface area contributed by atoms with Crippen molar-refractivity contribution in [1.82, 2.24) is 10.3 Å². The molecule has 3 rings (SSSR count). The molecule has 0 spiro atoms. The lowest BCUT2D eigenvalue weighted by Crippen LogP contribution is -2.21. The highest BCUT2D eigenvalue weighted by Gasteiger charge is 2.34. The second-order valence-electron chi connectivity index (χ2n) is 5.54. The predicted octanol–water partition coefficient (Wildman–Crippen LogP) is 4.40. The number of hydrogen-bond donors (Lipinski definition) is 2. The second-order valence-corrected chi connectivity index (χ2v) is 8.81. The van der Waals surface area contributed by atoms with E-state index in [1.165, 1.54) is 11.3 Å². The minimum Gasteiger partial charge on any atom is -0.343 e. The largest absolute Gasteiger partial charge is 0.343 e. The van der Waals surface area contributed by atoms with Crippen LogP contribution in [0.2, 0.25) is 0 Å². The molecule has 2 aromatic carbocycles. The summed E-state index contributed by atoms with van der Waals surface area (Å²) in [6.07, 6.45) is 1.79. The van der Waals surface area contributed by atoms with Crippen LogP contribution in [-0.2, 0) is 17.3 Å². The number of hydrogen-bond acceptors (Lipinski definition) is 4. The minimum absolute atomic E-state index is 0.125. The normalized spacial score (nSPS) is 14.9. The summed E-state index contributed by atoms with van der Waals surface area (Å²) in [5.41, 5.74) is 1.92. The summed E-state index contributed by atoms with van der Waals surface area (Å²) in [5.74, 6) is -0.669. The lowest BCUT2D eigenvalue weighted by Gasteiger charge is -2.23. The Hall–Kier alpha value is -1.78. The third-order valence-electron chi connectivity index (χ3n) is 3.68. The number of nitrogens with zero attached hydrogens (tertiary/aromatic N) is 1. The Balaban J connectivity index is 1.80. The summed E-state index contributed by atoms with van der Waals surface area (Å²) >= 11 is 1.40. The van der Waals surface area contributed by atoms with Crippen LogP contribution in [-0.4, -0.2) is 9.88 Å². The maximum absolute atomic E-state index is 13.1. The highest BCUT2D eigenvalue weighted by molar-refractivity contribution is 7.57. The first-order chi connectivity index (χ1) is 11.6. The van der Waals surface area contributed by atoms with Crippen molar-refractivity contribution in [2.45, 2.75) is 18.5 Å². The topological polar surface area (TPSA) is 62.2 Å². The zero-order chi connectivity index (χ0) is 16.8. The van der Waals surface area contributed by atoms with E-state index in [9.17, 15) is 9.46 Å². The lowest BCUT2D eigenvalue weighted by atomic mass is 10.2. The molecule has 2 N–H and O–H groups in total. The Labute approximate surface area is 145 Å². The SMILES string of the molecule is O=P(O)(Cc1ccccc1)C(NCc1ccccc1)c1nccs1. The maximum atomic E-state index is 13.1. The van der Waals surface area contributed by atoms with Crippen LogP contribution in [0.1, 0.15) is 21.9 Å². The highest BCUT2D eigenvalue weighted by atomic mass is 32.1. The van der Waals surface area contributed by atoms with Crippen LogP contribution in [0.25, 0.3) is 0 Å². The first-order valence-corrected chi connectivity index (χ1v) is 10.5. The van der Waals surface area contributed by atoms with Gasteiger partial charge in [-0.1, -0.05) is 60.7 Å². The van der Waals surface area contributed by atoms with Gasteiger partial charge >= 0.3 is 0 Å². The van der Waals surface area contributed by atoms with E-state index in [0.29, 0.717) is 11.6 Å². The molecule has 6 heteroatoms. The van der Waals surface area contributed by atoms with Gasteiger partial charge in [0.15, 0.2) is 0 Å². The Morgan fingerprint density at radius 1 is 1.04 bits per heavy atom. The van der Waals surface area contributed by atoms with Crippen molar-refractivity contribution >= 4 is 18.7 Å². The molecule has 2 unspecified atom stereocenters. The average molecular weight is 358 g/mol. The van der Waals surface area contributed by atoms with E-state index in [2.05, 4.69) is 10.3 Å².